The lowest BCUT2D eigenvalue weighted by atomic mass is 10.0. The normalized spacial score (nSPS) is 21.9. The van der Waals surface area contributed by atoms with Crippen LogP contribution in [0, 0.1) is 5.92 Å². The Hall–Kier alpha value is -1.51. The summed E-state index contributed by atoms with van der Waals surface area (Å²) in [7, 11) is -3.72. The van der Waals surface area contributed by atoms with E-state index in [2.05, 4.69) is 9.71 Å². The van der Waals surface area contributed by atoms with E-state index >= 15 is 0 Å². The highest BCUT2D eigenvalue weighted by atomic mass is 32.2. The van der Waals surface area contributed by atoms with Crippen LogP contribution in [0.3, 0.4) is 0 Å². The number of nitrogens with one attached hydrogen (secondary N) is 1. The summed E-state index contributed by atoms with van der Waals surface area (Å²) in [5.74, 6) is -1.59. The molecule has 1 unspecified atom stereocenters. The molecule has 1 aromatic rings. The molecular weight excluding hydrogens is 294 g/mol. The number of aromatic nitrogens is 1. The van der Waals surface area contributed by atoms with Crippen molar-refractivity contribution in [2.45, 2.75) is 25.8 Å². The summed E-state index contributed by atoms with van der Waals surface area (Å²) in [6.07, 6.45) is 2.66. The molecule has 0 aromatic carbocycles. The van der Waals surface area contributed by atoms with Gasteiger partial charge in [-0.1, -0.05) is 6.07 Å². The van der Waals surface area contributed by atoms with Crippen LogP contribution in [0.25, 0.3) is 0 Å². The minimum absolute atomic E-state index is 0.0135. The number of piperidine rings is 1. The van der Waals surface area contributed by atoms with Crippen molar-refractivity contribution in [3.05, 3.63) is 30.1 Å². The van der Waals surface area contributed by atoms with E-state index in [0.717, 1.165) is 0 Å². The SMILES string of the molecule is C[C@@H](NS(=O)(=O)N1CCCC(C(=O)O)C1)c1ccccn1. The summed E-state index contributed by atoms with van der Waals surface area (Å²) in [4.78, 5) is 15.1. The molecule has 0 bridgehead atoms. The molecule has 1 aliphatic rings. The van der Waals surface area contributed by atoms with Gasteiger partial charge in [0, 0.05) is 19.3 Å². The summed E-state index contributed by atoms with van der Waals surface area (Å²) < 4.78 is 28.4. The molecule has 7 nitrogen and oxygen atoms in total. The number of aliphatic carboxylic acids is 1. The molecule has 1 aromatic heterocycles. The summed E-state index contributed by atoms with van der Waals surface area (Å²) in [6, 6.07) is 4.81. The summed E-state index contributed by atoms with van der Waals surface area (Å²) in [6.45, 7) is 2.06. The van der Waals surface area contributed by atoms with Crippen LogP contribution in [0.15, 0.2) is 24.4 Å². The molecule has 1 fully saturated rings. The highest BCUT2D eigenvalue weighted by Crippen LogP contribution is 2.20. The van der Waals surface area contributed by atoms with E-state index in [1.54, 1.807) is 31.3 Å². The third-order valence-corrected chi connectivity index (χ3v) is 5.19. The maximum absolute atomic E-state index is 12.3. The first-order chi connectivity index (χ1) is 9.90. The molecular formula is C13H19N3O4S. The number of carboxylic acid groups (broad SMARTS) is 1. The quantitative estimate of drug-likeness (QED) is 0.836. The fourth-order valence-corrected chi connectivity index (χ4v) is 3.81. The van der Waals surface area contributed by atoms with E-state index in [9.17, 15) is 13.2 Å². The Morgan fingerprint density at radius 1 is 1.52 bits per heavy atom. The number of carboxylic acids is 1. The van der Waals surface area contributed by atoms with Crippen LogP contribution in [0.4, 0.5) is 0 Å². The van der Waals surface area contributed by atoms with Gasteiger partial charge in [0.1, 0.15) is 0 Å². The minimum atomic E-state index is -3.72. The fourth-order valence-electron chi connectivity index (χ4n) is 2.35. The van der Waals surface area contributed by atoms with Gasteiger partial charge in [-0.05, 0) is 31.9 Å². The zero-order valence-electron chi connectivity index (χ0n) is 11.8. The van der Waals surface area contributed by atoms with Crippen molar-refractivity contribution in [1.29, 1.82) is 0 Å². The van der Waals surface area contributed by atoms with Gasteiger partial charge in [-0.25, -0.2) is 0 Å². The van der Waals surface area contributed by atoms with Crippen molar-refractivity contribution in [1.82, 2.24) is 14.0 Å². The van der Waals surface area contributed by atoms with E-state index in [4.69, 9.17) is 5.11 Å². The number of hydrogen-bond acceptors (Lipinski definition) is 4. The van der Waals surface area contributed by atoms with Crippen LogP contribution in [-0.2, 0) is 15.0 Å². The van der Waals surface area contributed by atoms with Crippen molar-refractivity contribution >= 4 is 16.2 Å². The van der Waals surface area contributed by atoms with E-state index < -0.39 is 28.1 Å². The van der Waals surface area contributed by atoms with Gasteiger partial charge in [-0.3, -0.25) is 9.78 Å². The number of hydrogen-bond donors (Lipinski definition) is 2. The van der Waals surface area contributed by atoms with Gasteiger partial charge in [0.2, 0.25) is 0 Å². The predicted molar refractivity (Wildman–Crippen MR) is 76.6 cm³/mol. The standard InChI is InChI=1S/C13H19N3O4S/c1-10(12-6-2-3-7-14-12)15-21(19,20)16-8-4-5-11(9-16)13(17)18/h2-3,6-7,10-11,15H,4-5,8-9H2,1H3,(H,17,18)/t10-,11?/m1/s1. The smallest absolute Gasteiger partial charge is 0.307 e. The second-order valence-corrected chi connectivity index (χ2v) is 6.84. The zero-order chi connectivity index (χ0) is 15.5. The lowest BCUT2D eigenvalue weighted by Crippen LogP contribution is -2.48. The first kappa shape index (κ1) is 15.9. The Labute approximate surface area is 124 Å². The number of carbonyl (C=O) groups is 1. The summed E-state index contributed by atoms with van der Waals surface area (Å²) in [5.41, 5.74) is 0.618. The van der Waals surface area contributed by atoms with E-state index in [1.165, 1.54) is 4.31 Å². The molecule has 2 N–H and O–H groups in total. The Morgan fingerprint density at radius 3 is 2.90 bits per heavy atom. The van der Waals surface area contributed by atoms with Gasteiger partial charge in [-0.2, -0.15) is 17.4 Å². The molecule has 0 spiro atoms. The monoisotopic (exact) mass is 313 g/mol. The topological polar surface area (TPSA) is 99.6 Å². The molecule has 1 saturated heterocycles. The van der Waals surface area contributed by atoms with Crippen LogP contribution < -0.4 is 4.72 Å². The molecule has 0 amide bonds. The van der Waals surface area contributed by atoms with Crippen LogP contribution in [-0.4, -0.2) is 41.9 Å². The largest absolute Gasteiger partial charge is 0.481 e. The van der Waals surface area contributed by atoms with E-state index in [1.807, 2.05) is 0 Å². The van der Waals surface area contributed by atoms with Gasteiger partial charge in [-0.15, -0.1) is 0 Å². The van der Waals surface area contributed by atoms with Crippen LogP contribution in [0.5, 0.6) is 0 Å². The maximum atomic E-state index is 12.3. The Kier molecular flexibility index (Phi) is 4.92. The lowest BCUT2D eigenvalue weighted by Gasteiger charge is -2.30. The number of rotatable bonds is 5. The molecule has 0 saturated carbocycles. The molecule has 116 valence electrons. The Morgan fingerprint density at radius 2 is 2.29 bits per heavy atom. The molecule has 1 aliphatic heterocycles. The highest BCUT2D eigenvalue weighted by Gasteiger charge is 2.33. The van der Waals surface area contributed by atoms with Crippen molar-refractivity contribution in [2.75, 3.05) is 13.1 Å². The summed E-state index contributed by atoms with van der Waals surface area (Å²) in [5, 5.41) is 9.03. The Bertz CT molecular complexity index is 591. The zero-order valence-corrected chi connectivity index (χ0v) is 12.6. The summed E-state index contributed by atoms with van der Waals surface area (Å²) >= 11 is 0. The van der Waals surface area contributed by atoms with Gasteiger partial charge >= 0.3 is 5.97 Å². The van der Waals surface area contributed by atoms with Gasteiger partial charge in [0.25, 0.3) is 10.2 Å². The first-order valence-electron chi connectivity index (χ1n) is 6.81. The first-order valence-corrected chi connectivity index (χ1v) is 8.25. The molecule has 2 heterocycles. The Balaban J connectivity index is 2.06. The van der Waals surface area contributed by atoms with Crippen molar-refractivity contribution in [2.24, 2.45) is 5.92 Å². The second kappa shape index (κ2) is 6.50. The average molecular weight is 313 g/mol. The third kappa shape index (κ3) is 3.99. The van der Waals surface area contributed by atoms with Crippen molar-refractivity contribution in [3.8, 4) is 0 Å². The van der Waals surface area contributed by atoms with E-state index in [0.29, 0.717) is 25.1 Å². The molecule has 21 heavy (non-hydrogen) atoms. The predicted octanol–water partition coefficient (Wildman–Crippen LogP) is 0.774. The van der Waals surface area contributed by atoms with Crippen molar-refractivity contribution < 1.29 is 18.3 Å². The molecule has 0 radical (unpaired) electrons. The number of nitrogens with zero attached hydrogens (tertiary/aromatic N) is 2. The highest BCUT2D eigenvalue weighted by molar-refractivity contribution is 7.87. The minimum Gasteiger partial charge on any atom is -0.481 e. The lowest BCUT2D eigenvalue weighted by molar-refractivity contribution is -0.142. The maximum Gasteiger partial charge on any atom is 0.307 e. The third-order valence-electron chi connectivity index (χ3n) is 3.53. The second-order valence-electron chi connectivity index (χ2n) is 5.13. The number of pyridine rings is 1. The molecule has 8 heteroatoms. The van der Waals surface area contributed by atoms with Gasteiger partial charge in [0.15, 0.2) is 0 Å². The van der Waals surface area contributed by atoms with Gasteiger partial charge in [0.05, 0.1) is 17.7 Å². The molecule has 2 atom stereocenters. The fraction of sp³-hybridized carbons (Fsp3) is 0.538. The average Bonchev–Trinajstić information content (AvgIpc) is 2.48. The van der Waals surface area contributed by atoms with Crippen LogP contribution in [0.1, 0.15) is 31.5 Å². The molecule has 2 rings (SSSR count). The van der Waals surface area contributed by atoms with Gasteiger partial charge < -0.3 is 5.11 Å². The molecule has 0 aliphatic carbocycles. The van der Waals surface area contributed by atoms with Crippen LogP contribution in [0.2, 0.25) is 0 Å². The van der Waals surface area contributed by atoms with Crippen LogP contribution >= 0.6 is 0 Å². The van der Waals surface area contributed by atoms with Crippen molar-refractivity contribution in [3.63, 3.8) is 0 Å². The van der Waals surface area contributed by atoms with E-state index in [-0.39, 0.29) is 6.54 Å².